The number of alkyl halides is 5. The minimum Gasteiger partial charge on any atom is -0.490 e. The van der Waals surface area contributed by atoms with E-state index in [1.54, 1.807) is 24.5 Å². The first kappa shape index (κ1) is 24.2. The second-order valence-electron chi connectivity index (χ2n) is 8.75. The highest BCUT2D eigenvalue weighted by atomic mass is 19.4. The van der Waals surface area contributed by atoms with E-state index in [1.807, 2.05) is 6.07 Å². The van der Waals surface area contributed by atoms with Crippen LogP contribution >= 0.6 is 0 Å². The molecule has 1 fully saturated rings. The SMILES string of the molecule is FC(F)(F)C(F)(F)C1Nc2cccnc2N1c1ccc(OC2CCN(Cc3ccnnc3)CC2)cc1. The van der Waals surface area contributed by atoms with Crippen molar-refractivity contribution in [3.63, 3.8) is 0 Å². The molecule has 0 amide bonds. The zero-order chi connectivity index (χ0) is 25.3. The highest BCUT2D eigenvalue weighted by Crippen LogP contribution is 2.48. The van der Waals surface area contributed by atoms with Crippen molar-refractivity contribution in [1.82, 2.24) is 20.1 Å². The van der Waals surface area contributed by atoms with Gasteiger partial charge in [-0.1, -0.05) is 0 Å². The maximum absolute atomic E-state index is 14.4. The molecule has 1 atom stereocenters. The van der Waals surface area contributed by atoms with Crippen LogP contribution in [-0.2, 0) is 6.54 Å². The first-order chi connectivity index (χ1) is 17.2. The lowest BCUT2D eigenvalue weighted by molar-refractivity contribution is -0.286. The minimum atomic E-state index is -5.74. The van der Waals surface area contributed by atoms with Crippen LogP contribution in [0.3, 0.4) is 0 Å². The fraction of sp³-hybridized carbons (Fsp3) is 0.375. The van der Waals surface area contributed by atoms with Crippen LogP contribution in [0.2, 0.25) is 0 Å². The van der Waals surface area contributed by atoms with E-state index < -0.39 is 18.3 Å². The number of ether oxygens (including phenoxy) is 1. The average molecular weight is 506 g/mol. The molecule has 1 unspecified atom stereocenters. The highest BCUT2D eigenvalue weighted by molar-refractivity contribution is 5.80. The lowest BCUT2D eigenvalue weighted by Crippen LogP contribution is -2.55. The Morgan fingerprint density at radius 3 is 2.36 bits per heavy atom. The van der Waals surface area contributed by atoms with Crippen LogP contribution in [0.1, 0.15) is 18.4 Å². The fourth-order valence-corrected chi connectivity index (χ4v) is 4.45. The number of halogens is 5. The molecule has 0 radical (unpaired) electrons. The van der Waals surface area contributed by atoms with Gasteiger partial charge in [0.05, 0.1) is 11.9 Å². The van der Waals surface area contributed by atoms with Gasteiger partial charge in [0.1, 0.15) is 11.9 Å². The van der Waals surface area contributed by atoms with Gasteiger partial charge in [-0.2, -0.15) is 32.1 Å². The van der Waals surface area contributed by atoms with Crippen molar-refractivity contribution < 1.29 is 26.7 Å². The summed E-state index contributed by atoms with van der Waals surface area (Å²) in [4.78, 5) is 7.21. The number of benzene rings is 1. The Balaban J connectivity index is 1.26. The molecular formula is C24H23F5N6O. The Labute approximate surface area is 203 Å². The van der Waals surface area contributed by atoms with Gasteiger partial charge in [-0.15, -0.1) is 0 Å². The summed E-state index contributed by atoms with van der Waals surface area (Å²) in [5.41, 5.74) is 1.32. The molecule has 0 spiro atoms. The van der Waals surface area contributed by atoms with E-state index in [0.717, 1.165) is 42.9 Å². The van der Waals surface area contributed by atoms with Crippen molar-refractivity contribution in [2.75, 3.05) is 23.3 Å². The Kier molecular flexibility index (Phi) is 6.37. The van der Waals surface area contributed by atoms with Crippen LogP contribution in [0.4, 0.5) is 39.1 Å². The first-order valence-electron chi connectivity index (χ1n) is 11.4. The number of hydrogen-bond donors (Lipinski definition) is 1. The predicted octanol–water partition coefficient (Wildman–Crippen LogP) is 5.00. The Morgan fingerprint density at radius 1 is 0.944 bits per heavy atom. The normalized spacial score (nSPS) is 19.1. The lowest BCUT2D eigenvalue weighted by Gasteiger charge is -2.33. The van der Waals surface area contributed by atoms with Crippen molar-refractivity contribution in [2.24, 2.45) is 0 Å². The molecule has 7 nitrogen and oxygen atoms in total. The largest absolute Gasteiger partial charge is 0.490 e. The van der Waals surface area contributed by atoms with Crippen LogP contribution in [0.15, 0.2) is 61.1 Å². The number of rotatable bonds is 6. The molecule has 1 aromatic carbocycles. The van der Waals surface area contributed by atoms with Crippen molar-refractivity contribution in [3.8, 4) is 5.75 Å². The van der Waals surface area contributed by atoms with Gasteiger partial charge in [-0.3, -0.25) is 9.80 Å². The Hall–Kier alpha value is -3.54. The molecule has 5 rings (SSSR count). The van der Waals surface area contributed by atoms with Gasteiger partial charge in [0.2, 0.25) is 0 Å². The number of piperidine rings is 1. The standard InChI is InChI=1S/C24H23F5N6O/c25-23(26,24(27,28)29)22-33-20-2-1-10-30-21(20)35(22)17-3-5-18(6-4-17)36-19-8-12-34(13-9-19)15-16-7-11-31-32-14-16/h1-7,10-11,14,19,22,33H,8-9,12-13,15H2. The van der Waals surface area contributed by atoms with E-state index in [1.165, 1.54) is 30.5 Å². The zero-order valence-corrected chi connectivity index (χ0v) is 19.0. The minimum absolute atomic E-state index is 0.00290. The molecule has 0 bridgehead atoms. The van der Waals surface area contributed by atoms with Gasteiger partial charge in [-0.25, -0.2) is 4.98 Å². The van der Waals surface area contributed by atoms with E-state index >= 15 is 0 Å². The van der Waals surface area contributed by atoms with Crippen molar-refractivity contribution in [3.05, 3.63) is 66.6 Å². The number of likely N-dealkylation sites (tertiary alicyclic amines) is 1. The van der Waals surface area contributed by atoms with Gasteiger partial charge in [0, 0.05) is 37.7 Å². The molecule has 1 saturated heterocycles. The predicted molar refractivity (Wildman–Crippen MR) is 122 cm³/mol. The molecule has 2 aliphatic heterocycles. The van der Waals surface area contributed by atoms with E-state index in [0.29, 0.717) is 5.75 Å². The van der Waals surface area contributed by atoms with Crippen molar-refractivity contribution in [1.29, 1.82) is 0 Å². The van der Waals surface area contributed by atoms with Crippen LogP contribution in [-0.4, -0.2) is 57.5 Å². The molecule has 0 saturated carbocycles. The summed E-state index contributed by atoms with van der Waals surface area (Å²) >= 11 is 0. The van der Waals surface area contributed by atoms with Gasteiger partial charge < -0.3 is 10.1 Å². The summed E-state index contributed by atoms with van der Waals surface area (Å²) in [6, 6.07) is 10.9. The highest BCUT2D eigenvalue weighted by Gasteiger charge is 2.66. The number of nitrogens with one attached hydrogen (secondary N) is 1. The first-order valence-corrected chi connectivity index (χ1v) is 11.4. The topological polar surface area (TPSA) is 66.4 Å². The molecule has 1 N–H and O–H groups in total. The zero-order valence-electron chi connectivity index (χ0n) is 19.0. The van der Waals surface area contributed by atoms with Crippen LogP contribution in [0, 0.1) is 0 Å². The summed E-state index contributed by atoms with van der Waals surface area (Å²) in [6.45, 7) is 2.45. The summed E-state index contributed by atoms with van der Waals surface area (Å²) in [5, 5.41) is 9.95. The molecule has 2 aliphatic rings. The summed E-state index contributed by atoms with van der Waals surface area (Å²) in [7, 11) is 0. The van der Waals surface area contributed by atoms with Crippen LogP contribution in [0.25, 0.3) is 0 Å². The molecule has 190 valence electrons. The molecule has 2 aromatic heterocycles. The third kappa shape index (κ3) is 4.77. The van der Waals surface area contributed by atoms with E-state index in [9.17, 15) is 22.0 Å². The summed E-state index contributed by atoms with van der Waals surface area (Å²) < 4.78 is 74.5. The van der Waals surface area contributed by atoms with Crippen molar-refractivity contribution >= 4 is 17.2 Å². The second kappa shape index (κ2) is 9.49. The van der Waals surface area contributed by atoms with Gasteiger partial charge in [0.25, 0.3) is 0 Å². The third-order valence-corrected chi connectivity index (χ3v) is 6.29. The molecule has 12 heteroatoms. The van der Waals surface area contributed by atoms with Gasteiger partial charge >= 0.3 is 12.1 Å². The number of anilines is 3. The summed E-state index contributed by atoms with van der Waals surface area (Å²) in [6.07, 6.45) is -1.79. The fourth-order valence-electron chi connectivity index (χ4n) is 4.45. The monoisotopic (exact) mass is 506 g/mol. The Morgan fingerprint density at radius 2 is 1.69 bits per heavy atom. The van der Waals surface area contributed by atoms with Crippen LogP contribution in [0.5, 0.6) is 5.75 Å². The van der Waals surface area contributed by atoms with E-state index in [2.05, 4.69) is 25.4 Å². The lowest BCUT2D eigenvalue weighted by atomic mass is 10.1. The quantitative estimate of drug-likeness (QED) is 0.472. The number of pyridine rings is 1. The number of fused-ring (bicyclic) bond motifs is 1. The number of nitrogens with zero attached hydrogens (tertiary/aromatic N) is 5. The molecule has 0 aliphatic carbocycles. The van der Waals surface area contributed by atoms with Gasteiger partial charge in [-0.05, 0) is 60.9 Å². The maximum atomic E-state index is 14.4. The van der Waals surface area contributed by atoms with Crippen LogP contribution < -0.4 is 15.0 Å². The number of aromatic nitrogens is 3. The molecule has 4 heterocycles. The molecular weight excluding hydrogens is 483 g/mol. The van der Waals surface area contributed by atoms with Gasteiger partial charge in [0.15, 0.2) is 12.0 Å². The molecule has 36 heavy (non-hydrogen) atoms. The second-order valence-corrected chi connectivity index (χ2v) is 8.75. The van der Waals surface area contributed by atoms with E-state index in [4.69, 9.17) is 4.74 Å². The number of hydrogen-bond acceptors (Lipinski definition) is 7. The third-order valence-electron chi connectivity index (χ3n) is 6.29. The molecule has 3 aromatic rings. The summed E-state index contributed by atoms with van der Waals surface area (Å²) in [5.74, 6) is -4.51. The maximum Gasteiger partial charge on any atom is 0.457 e. The van der Waals surface area contributed by atoms with Crippen molar-refractivity contribution in [2.45, 2.75) is 43.8 Å². The Bertz CT molecular complexity index is 1170. The van der Waals surface area contributed by atoms with E-state index in [-0.39, 0.29) is 23.3 Å². The smallest absolute Gasteiger partial charge is 0.457 e. The average Bonchev–Trinajstić information content (AvgIpc) is 3.26.